The summed E-state index contributed by atoms with van der Waals surface area (Å²) in [6.07, 6.45) is 1.33. The minimum atomic E-state index is -0.669. The third-order valence-electron chi connectivity index (χ3n) is 3.78. The fraction of sp³-hybridized carbons (Fsp3) is 0.0556. The van der Waals surface area contributed by atoms with E-state index >= 15 is 0 Å². The Balaban J connectivity index is 1.79. The van der Waals surface area contributed by atoms with Crippen molar-refractivity contribution in [3.63, 3.8) is 0 Å². The average Bonchev–Trinajstić information content (AvgIpc) is 2.67. The molecule has 8 nitrogen and oxygen atoms in total. The molecule has 0 unspecified atom stereocenters. The van der Waals surface area contributed by atoms with Gasteiger partial charge in [-0.3, -0.25) is 14.9 Å². The van der Waals surface area contributed by atoms with Crippen molar-refractivity contribution in [3.8, 4) is 5.75 Å². The maximum absolute atomic E-state index is 12.1. The SMILES string of the molecule is COc1ccc2cc(/C=N\NC(=O)c3ccc(Cl)c([N+](=O)[O-])c3)c(Cl)nc2c1. The number of nitrogens with zero attached hydrogens (tertiary/aromatic N) is 3. The lowest BCUT2D eigenvalue weighted by Crippen LogP contribution is -2.17. The molecule has 1 amide bonds. The standard InChI is InChI=1S/C18H12Cl2N4O4/c1-28-13-4-2-10-6-12(17(20)22-15(10)8-13)9-21-23-18(25)11-3-5-14(19)16(7-11)24(26)27/h2-9H,1H3,(H,23,25)/b21-9-. The zero-order valence-electron chi connectivity index (χ0n) is 14.3. The Hall–Kier alpha value is -3.23. The Morgan fingerprint density at radius 2 is 2.04 bits per heavy atom. The van der Waals surface area contributed by atoms with Crippen LogP contribution < -0.4 is 10.2 Å². The largest absolute Gasteiger partial charge is 0.497 e. The molecule has 0 aliphatic rings. The Labute approximate surface area is 168 Å². The number of nitrogens with one attached hydrogen (secondary N) is 1. The second-order valence-corrected chi connectivity index (χ2v) is 6.31. The summed E-state index contributed by atoms with van der Waals surface area (Å²) in [5, 5.41) is 15.7. The van der Waals surface area contributed by atoms with Crippen LogP contribution >= 0.6 is 23.2 Å². The molecule has 3 aromatic rings. The third-order valence-corrected chi connectivity index (χ3v) is 4.40. The van der Waals surface area contributed by atoms with Crippen LogP contribution in [-0.2, 0) is 0 Å². The first-order chi connectivity index (χ1) is 13.4. The molecular weight excluding hydrogens is 407 g/mol. The molecule has 3 rings (SSSR count). The molecule has 142 valence electrons. The molecule has 2 aromatic carbocycles. The van der Waals surface area contributed by atoms with Gasteiger partial charge in [-0.05, 0) is 30.3 Å². The number of hydrogen-bond acceptors (Lipinski definition) is 6. The number of pyridine rings is 1. The summed E-state index contributed by atoms with van der Waals surface area (Å²) in [7, 11) is 1.56. The van der Waals surface area contributed by atoms with Crippen LogP contribution in [0, 0.1) is 10.1 Å². The van der Waals surface area contributed by atoms with E-state index in [1.807, 2.05) is 6.07 Å². The lowest BCUT2D eigenvalue weighted by molar-refractivity contribution is -0.384. The monoisotopic (exact) mass is 418 g/mol. The predicted octanol–water partition coefficient (Wildman–Crippen LogP) is 4.22. The lowest BCUT2D eigenvalue weighted by Gasteiger charge is -2.05. The molecule has 1 heterocycles. The van der Waals surface area contributed by atoms with Crippen LogP contribution in [-0.4, -0.2) is 29.1 Å². The minimum Gasteiger partial charge on any atom is -0.497 e. The maximum Gasteiger partial charge on any atom is 0.288 e. The molecule has 0 atom stereocenters. The Morgan fingerprint density at radius 1 is 1.25 bits per heavy atom. The summed E-state index contributed by atoms with van der Waals surface area (Å²) in [6, 6.07) is 10.8. The average molecular weight is 419 g/mol. The molecule has 0 bridgehead atoms. The first kappa shape index (κ1) is 19.5. The third kappa shape index (κ3) is 4.19. The zero-order chi connectivity index (χ0) is 20.3. The number of nitro groups is 1. The van der Waals surface area contributed by atoms with E-state index in [1.54, 1.807) is 25.3 Å². The van der Waals surface area contributed by atoms with Crippen LogP contribution in [0.5, 0.6) is 5.75 Å². The first-order valence-corrected chi connectivity index (χ1v) is 8.56. The van der Waals surface area contributed by atoms with Gasteiger partial charge in [0.25, 0.3) is 11.6 Å². The summed E-state index contributed by atoms with van der Waals surface area (Å²) in [5.74, 6) is 0.0208. The number of rotatable bonds is 5. The van der Waals surface area contributed by atoms with Gasteiger partial charge < -0.3 is 4.74 Å². The highest BCUT2D eigenvalue weighted by Gasteiger charge is 2.16. The summed E-state index contributed by atoms with van der Waals surface area (Å²) in [4.78, 5) is 26.7. The molecule has 0 saturated heterocycles. The van der Waals surface area contributed by atoms with Crippen molar-refractivity contribution >= 4 is 51.9 Å². The van der Waals surface area contributed by atoms with Crippen molar-refractivity contribution in [2.24, 2.45) is 5.10 Å². The second kappa shape index (κ2) is 8.20. The number of aromatic nitrogens is 1. The van der Waals surface area contributed by atoms with Crippen molar-refractivity contribution < 1.29 is 14.5 Å². The summed E-state index contributed by atoms with van der Waals surface area (Å²) < 4.78 is 5.15. The van der Waals surface area contributed by atoms with Gasteiger partial charge in [-0.2, -0.15) is 5.10 Å². The van der Waals surface area contributed by atoms with Gasteiger partial charge in [0.05, 0.1) is 23.8 Å². The lowest BCUT2D eigenvalue weighted by atomic mass is 10.1. The van der Waals surface area contributed by atoms with E-state index in [-0.39, 0.29) is 21.4 Å². The molecule has 0 aliphatic heterocycles. The highest BCUT2D eigenvalue weighted by Crippen LogP contribution is 2.25. The molecule has 1 aromatic heterocycles. The molecule has 0 spiro atoms. The summed E-state index contributed by atoms with van der Waals surface area (Å²) in [5.41, 5.74) is 3.10. The van der Waals surface area contributed by atoms with Crippen LogP contribution in [0.15, 0.2) is 47.6 Å². The van der Waals surface area contributed by atoms with Gasteiger partial charge in [0.15, 0.2) is 0 Å². The molecule has 10 heteroatoms. The Morgan fingerprint density at radius 3 is 2.75 bits per heavy atom. The van der Waals surface area contributed by atoms with E-state index < -0.39 is 10.8 Å². The van der Waals surface area contributed by atoms with Crippen molar-refractivity contribution in [1.82, 2.24) is 10.4 Å². The minimum absolute atomic E-state index is 0.0445. The fourth-order valence-electron chi connectivity index (χ4n) is 2.38. The molecule has 1 N–H and O–H groups in total. The van der Waals surface area contributed by atoms with Gasteiger partial charge >= 0.3 is 0 Å². The number of halogens is 2. The van der Waals surface area contributed by atoms with Crippen LogP contribution in [0.25, 0.3) is 10.9 Å². The van der Waals surface area contributed by atoms with Crippen LogP contribution in [0.1, 0.15) is 15.9 Å². The number of hydrogen-bond donors (Lipinski definition) is 1. The number of ether oxygens (including phenoxy) is 1. The van der Waals surface area contributed by atoms with Crippen LogP contribution in [0.2, 0.25) is 10.2 Å². The van der Waals surface area contributed by atoms with Gasteiger partial charge in [0.2, 0.25) is 0 Å². The smallest absolute Gasteiger partial charge is 0.288 e. The number of benzene rings is 2. The number of hydrazone groups is 1. The number of amides is 1. The van der Waals surface area contributed by atoms with Crippen molar-refractivity contribution in [2.75, 3.05) is 7.11 Å². The first-order valence-electron chi connectivity index (χ1n) is 7.80. The van der Waals surface area contributed by atoms with E-state index in [1.165, 1.54) is 18.3 Å². The van der Waals surface area contributed by atoms with E-state index in [4.69, 9.17) is 27.9 Å². The molecule has 0 radical (unpaired) electrons. The number of nitro benzene ring substituents is 1. The molecule has 0 fully saturated rings. The Bertz CT molecular complexity index is 1120. The van der Waals surface area contributed by atoms with E-state index in [2.05, 4.69) is 15.5 Å². The van der Waals surface area contributed by atoms with E-state index in [0.29, 0.717) is 16.8 Å². The number of carbonyl (C=O) groups excluding carboxylic acids is 1. The number of fused-ring (bicyclic) bond motifs is 1. The molecular formula is C18H12Cl2N4O4. The topological polar surface area (TPSA) is 107 Å². The summed E-state index contributed by atoms with van der Waals surface area (Å²) in [6.45, 7) is 0. The molecule has 0 saturated carbocycles. The molecule has 0 aliphatic carbocycles. The highest BCUT2D eigenvalue weighted by atomic mass is 35.5. The number of carbonyl (C=O) groups is 1. The van der Waals surface area contributed by atoms with Crippen molar-refractivity contribution in [2.45, 2.75) is 0 Å². The highest BCUT2D eigenvalue weighted by molar-refractivity contribution is 6.33. The van der Waals surface area contributed by atoms with Gasteiger partial charge in [0, 0.05) is 28.6 Å². The number of methoxy groups -OCH3 is 1. The quantitative estimate of drug-likeness (QED) is 0.288. The van der Waals surface area contributed by atoms with E-state index in [9.17, 15) is 14.9 Å². The van der Waals surface area contributed by atoms with Crippen molar-refractivity contribution in [1.29, 1.82) is 0 Å². The zero-order valence-corrected chi connectivity index (χ0v) is 15.9. The van der Waals surface area contributed by atoms with E-state index in [0.717, 1.165) is 11.5 Å². The Kier molecular flexibility index (Phi) is 5.72. The van der Waals surface area contributed by atoms with Gasteiger partial charge in [0.1, 0.15) is 15.9 Å². The van der Waals surface area contributed by atoms with Gasteiger partial charge in [-0.1, -0.05) is 23.2 Å². The summed E-state index contributed by atoms with van der Waals surface area (Å²) >= 11 is 11.9. The van der Waals surface area contributed by atoms with Crippen LogP contribution in [0.4, 0.5) is 5.69 Å². The second-order valence-electron chi connectivity index (χ2n) is 5.55. The normalized spacial score (nSPS) is 11.0. The van der Waals surface area contributed by atoms with Crippen molar-refractivity contribution in [3.05, 3.63) is 73.9 Å². The van der Waals surface area contributed by atoms with Gasteiger partial charge in [-0.15, -0.1) is 0 Å². The predicted molar refractivity (Wildman–Crippen MR) is 106 cm³/mol. The maximum atomic E-state index is 12.1. The van der Waals surface area contributed by atoms with Gasteiger partial charge in [-0.25, -0.2) is 10.4 Å². The van der Waals surface area contributed by atoms with Crippen LogP contribution in [0.3, 0.4) is 0 Å². The molecule has 28 heavy (non-hydrogen) atoms. The fourth-order valence-corrected chi connectivity index (χ4v) is 2.76.